The maximum atomic E-state index is 13.9. The number of aliphatic hydroxyl groups excluding tert-OH is 1. The largest absolute Gasteiger partial charge is 0.541 e. The maximum absolute atomic E-state index is 13.9. The Hall–Kier alpha value is -4.02. The third-order valence-electron chi connectivity index (χ3n) is 7.27. The number of ether oxygens (including phenoxy) is 2. The van der Waals surface area contributed by atoms with E-state index < -0.39 is 20.2 Å². The van der Waals surface area contributed by atoms with E-state index in [0.29, 0.717) is 34.8 Å². The number of hydrogen-bond donors (Lipinski definition) is 2. The Morgan fingerprint density at radius 3 is 2.07 bits per heavy atom. The second-order valence-corrected chi connectivity index (χ2v) is 15.9. The van der Waals surface area contributed by atoms with Gasteiger partial charge >= 0.3 is 0 Å². The average Bonchev–Trinajstić information content (AvgIpc) is 2.95. The molecule has 0 aliphatic carbocycles. The summed E-state index contributed by atoms with van der Waals surface area (Å²) in [4.78, 5) is 7.40. The molecule has 224 valence electrons. The van der Waals surface area contributed by atoms with Crippen molar-refractivity contribution >= 4 is 8.32 Å². The molecule has 0 radical (unpaired) electrons. The minimum Gasteiger partial charge on any atom is -0.541 e. The minimum atomic E-state index is -2.02. The standard InChI is InChI=1S/C19H26FNO3Si.C13H12FNO2/c1-19(2,3)25(5,6)24-16-8-7-13(11-17(16)23-4)18(22)14-9-10-21-12-15(14)20;1-17-13-7-9(2-3-12(13)16)6-10-4-5-15-8-11(10)14/h7-12,18,22H,1-6H3;2-5,7-8,16H,6H2,1H3. The summed E-state index contributed by atoms with van der Waals surface area (Å²) in [5.41, 5.74) is 2.14. The van der Waals surface area contributed by atoms with Crippen molar-refractivity contribution in [3.8, 4) is 23.0 Å². The van der Waals surface area contributed by atoms with Crippen molar-refractivity contribution in [2.24, 2.45) is 0 Å². The molecule has 0 saturated carbocycles. The Kier molecular flexibility index (Phi) is 10.6. The number of nitrogens with zero attached hydrogens (tertiary/aromatic N) is 2. The molecule has 0 aliphatic rings. The molecule has 1 unspecified atom stereocenters. The highest BCUT2D eigenvalue weighted by Gasteiger charge is 2.39. The molecule has 2 aromatic heterocycles. The van der Waals surface area contributed by atoms with E-state index in [1.54, 1.807) is 49.7 Å². The Morgan fingerprint density at radius 1 is 0.833 bits per heavy atom. The van der Waals surface area contributed by atoms with E-state index in [0.717, 1.165) is 11.8 Å². The predicted octanol–water partition coefficient (Wildman–Crippen LogP) is 7.22. The van der Waals surface area contributed by atoms with Crippen molar-refractivity contribution in [1.29, 1.82) is 0 Å². The number of phenols is 1. The fraction of sp³-hybridized carbons (Fsp3) is 0.312. The maximum Gasteiger partial charge on any atom is 0.250 e. The van der Waals surface area contributed by atoms with Gasteiger partial charge in [0.2, 0.25) is 0 Å². The van der Waals surface area contributed by atoms with Crippen LogP contribution in [0.3, 0.4) is 0 Å². The summed E-state index contributed by atoms with van der Waals surface area (Å²) in [6.45, 7) is 10.8. The topological polar surface area (TPSA) is 93.9 Å². The zero-order chi connectivity index (χ0) is 31.1. The van der Waals surface area contributed by atoms with E-state index in [1.165, 1.54) is 31.6 Å². The summed E-state index contributed by atoms with van der Waals surface area (Å²) in [6, 6.07) is 13.3. The fourth-order valence-corrected chi connectivity index (χ4v) is 4.78. The molecule has 2 N–H and O–H groups in total. The van der Waals surface area contributed by atoms with Crippen molar-refractivity contribution in [1.82, 2.24) is 9.97 Å². The van der Waals surface area contributed by atoms with Crippen molar-refractivity contribution in [3.63, 3.8) is 0 Å². The van der Waals surface area contributed by atoms with Crippen molar-refractivity contribution < 1.29 is 32.9 Å². The summed E-state index contributed by atoms with van der Waals surface area (Å²) >= 11 is 0. The molecule has 0 amide bonds. The van der Waals surface area contributed by atoms with E-state index in [-0.39, 0.29) is 22.2 Å². The lowest BCUT2D eigenvalue weighted by atomic mass is 10.0. The molecule has 4 aromatic rings. The van der Waals surface area contributed by atoms with E-state index in [2.05, 4.69) is 43.8 Å². The van der Waals surface area contributed by atoms with Crippen LogP contribution in [0.15, 0.2) is 73.3 Å². The first-order valence-corrected chi connectivity index (χ1v) is 16.3. The first-order valence-electron chi connectivity index (χ1n) is 13.4. The van der Waals surface area contributed by atoms with Crippen LogP contribution in [0.25, 0.3) is 0 Å². The first-order chi connectivity index (χ1) is 19.8. The number of aliphatic hydroxyl groups is 1. The van der Waals surface area contributed by atoms with Gasteiger partial charge in [0, 0.05) is 24.4 Å². The zero-order valence-electron chi connectivity index (χ0n) is 25.0. The van der Waals surface area contributed by atoms with E-state index in [9.17, 15) is 19.0 Å². The summed E-state index contributed by atoms with van der Waals surface area (Å²) in [7, 11) is 1.01. The predicted molar refractivity (Wildman–Crippen MR) is 161 cm³/mol. The van der Waals surface area contributed by atoms with Gasteiger partial charge in [-0.1, -0.05) is 32.9 Å². The Bertz CT molecular complexity index is 1490. The molecule has 0 fully saturated rings. The molecule has 4 rings (SSSR count). The Morgan fingerprint density at radius 2 is 1.48 bits per heavy atom. The lowest BCUT2D eigenvalue weighted by Gasteiger charge is -2.36. The highest BCUT2D eigenvalue weighted by Crippen LogP contribution is 2.41. The number of phenolic OH excluding ortho intramolecular Hbond substituents is 1. The van der Waals surface area contributed by atoms with Gasteiger partial charge in [-0.2, -0.15) is 0 Å². The van der Waals surface area contributed by atoms with Crippen LogP contribution in [0.1, 0.15) is 49.1 Å². The smallest absolute Gasteiger partial charge is 0.250 e. The lowest BCUT2D eigenvalue weighted by molar-refractivity contribution is 0.214. The van der Waals surface area contributed by atoms with Gasteiger partial charge in [0.1, 0.15) is 23.5 Å². The van der Waals surface area contributed by atoms with Gasteiger partial charge in [-0.05, 0) is 71.2 Å². The SMILES string of the molecule is COc1cc(C(O)c2ccncc2F)ccc1O[Si](C)(C)C(C)(C)C.COc1cc(Cc2ccncc2F)ccc1O. The number of methoxy groups -OCH3 is 2. The molecule has 7 nitrogen and oxygen atoms in total. The minimum absolute atomic E-state index is 0.0519. The molecule has 0 bridgehead atoms. The Labute approximate surface area is 246 Å². The van der Waals surface area contributed by atoms with Crippen LogP contribution in [0, 0.1) is 11.6 Å². The van der Waals surface area contributed by atoms with E-state index >= 15 is 0 Å². The molecule has 2 aromatic carbocycles. The second kappa shape index (κ2) is 13.8. The molecule has 2 heterocycles. The first kappa shape index (κ1) is 32.5. The monoisotopic (exact) mass is 596 g/mol. The van der Waals surface area contributed by atoms with Gasteiger partial charge in [0.25, 0.3) is 8.32 Å². The van der Waals surface area contributed by atoms with Gasteiger partial charge in [0.15, 0.2) is 17.2 Å². The number of halogens is 2. The summed E-state index contributed by atoms with van der Waals surface area (Å²) < 4.78 is 44.0. The van der Waals surface area contributed by atoms with Crippen molar-refractivity contribution in [3.05, 3.63) is 107 Å². The third-order valence-corrected chi connectivity index (χ3v) is 11.6. The van der Waals surface area contributed by atoms with Crippen LogP contribution < -0.4 is 13.9 Å². The van der Waals surface area contributed by atoms with Gasteiger partial charge in [-0.15, -0.1) is 0 Å². The summed E-state index contributed by atoms with van der Waals surface area (Å²) in [5.74, 6) is 0.745. The van der Waals surface area contributed by atoms with E-state index in [1.807, 2.05) is 0 Å². The highest BCUT2D eigenvalue weighted by molar-refractivity contribution is 6.74. The van der Waals surface area contributed by atoms with Gasteiger partial charge < -0.3 is 24.1 Å². The quantitative estimate of drug-likeness (QED) is 0.207. The number of hydrogen-bond acceptors (Lipinski definition) is 7. The second-order valence-electron chi connectivity index (χ2n) is 11.2. The normalized spacial score (nSPS) is 12.1. The lowest BCUT2D eigenvalue weighted by Crippen LogP contribution is -2.43. The van der Waals surface area contributed by atoms with Crippen LogP contribution in [-0.2, 0) is 6.42 Å². The molecular weight excluding hydrogens is 558 g/mol. The highest BCUT2D eigenvalue weighted by atomic mass is 28.4. The fourth-order valence-electron chi connectivity index (χ4n) is 3.75. The molecule has 0 saturated heterocycles. The third kappa shape index (κ3) is 8.04. The number of pyridine rings is 2. The Balaban J connectivity index is 0.000000247. The molecular formula is C32H38F2N2O5Si. The van der Waals surface area contributed by atoms with Crippen LogP contribution in [0.4, 0.5) is 8.78 Å². The van der Waals surface area contributed by atoms with Crippen molar-refractivity contribution in [2.75, 3.05) is 14.2 Å². The summed E-state index contributed by atoms with van der Waals surface area (Å²) in [5, 5.41) is 20.0. The van der Waals surface area contributed by atoms with Gasteiger partial charge in [0.05, 0.1) is 26.6 Å². The van der Waals surface area contributed by atoms with Crippen LogP contribution in [-0.4, -0.2) is 42.7 Å². The van der Waals surface area contributed by atoms with Crippen LogP contribution >= 0.6 is 0 Å². The number of benzene rings is 2. The molecule has 10 heteroatoms. The average molecular weight is 597 g/mol. The zero-order valence-corrected chi connectivity index (χ0v) is 26.0. The van der Waals surface area contributed by atoms with Crippen LogP contribution in [0.2, 0.25) is 18.1 Å². The summed E-state index contributed by atoms with van der Waals surface area (Å²) in [6.07, 6.45) is 4.62. The molecule has 1 atom stereocenters. The molecule has 0 spiro atoms. The van der Waals surface area contributed by atoms with E-state index in [4.69, 9.17) is 13.9 Å². The van der Waals surface area contributed by atoms with Gasteiger partial charge in [-0.25, -0.2) is 8.78 Å². The molecule has 0 aliphatic heterocycles. The van der Waals surface area contributed by atoms with Crippen molar-refractivity contribution in [2.45, 2.75) is 51.4 Å². The number of aromatic nitrogens is 2. The number of rotatable bonds is 8. The molecule has 42 heavy (non-hydrogen) atoms. The number of aromatic hydroxyl groups is 1. The van der Waals surface area contributed by atoms with Crippen LogP contribution in [0.5, 0.6) is 23.0 Å². The van der Waals surface area contributed by atoms with Gasteiger partial charge in [-0.3, -0.25) is 9.97 Å².